The number of hydrogen-bond acceptors (Lipinski definition) is 4. The van der Waals surface area contributed by atoms with Gasteiger partial charge in [0.05, 0.1) is 10.6 Å². The van der Waals surface area contributed by atoms with E-state index in [1.54, 1.807) is 68.4 Å². The van der Waals surface area contributed by atoms with Gasteiger partial charge in [0.25, 0.3) is 10.0 Å². The first-order valence-corrected chi connectivity index (χ1v) is 15.3. The maximum absolute atomic E-state index is 14.1. The first-order valence-electron chi connectivity index (χ1n) is 12.7. The maximum atomic E-state index is 14.1. The fraction of sp³-hybridized carbons (Fsp3) is 0.310. The van der Waals surface area contributed by atoms with Crippen molar-refractivity contribution in [2.24, 2.45) is 0 Å². The Morgan fingerprint density at radius 3 is 2.12 bits per heavy atom. The summed E-state index contributed by atoms with van der Waals surface area (Å²) in [6, 6.07) is 16.5. The van der Waals surface area contributed by atoms with Crippen LogP contribution in [0.5, 0.6) is 0 Å². The highest BCUT2D eigenvalue weighted by atomic mass is 35.5. The predicted molar refractivity (Wildman–Crippen MR) is 162 cm³/mol. The molecule has 0 radical (unpaired) electrons. The van der Waals surface area contributed by atoms with Gasteiger partial charge in [-0.2, -0.15) is 0 Å². The zero-order valence-corrected chi connectivity index (χ0v) is 25.8. The smallest absolute Gasteiger partial charge is 0.264 e. The van der Waals surface area contributed by atoms with E-state index in [4.69, 9.17) is 34.8 Å². The Kier molecular flexibility index (Phi) is 10.9. The van der Waals surface area contributed by atoms with Gasteiger partial charge < -0.3 is 10.2 Å². The number of carbonyl (C=O) groups excluding carboxylic acids is 2. The van der Waals surface area contributed by atoms with Crippen LogP contribution in [0, 0.1) is 6.92 Å². The highest BCUT2D eigenvalue weighted by molar-refractivity contribution is 7.92. The largest absolute Gasteiger partial charge is 0.352 e. The standard InChI is InChI=1S/C29H32Cl3N3O4S/c1-5-26(29(37)33-19(2)3)34(17-21-11-12-23(31)16-25(21)32)28(36)18-35(27-14-13-22(30)15-20(27)4)40(38,39)24-9-7-6-8-10-24/h6-16,19,26H,5,17-18H2,1-4H3,(H,33,37). The normalized spacial score (nSPS) is 12.2. The lowest BCUT2D eigenvalue weighted by Gasteiger charge is -2.34. The van der Waals surface area contributed by atoms with E-state index in [1.807, 2.05) is 13.8 Å². The van der Waals surface area contributed by atoms with Gasteiger partial charge >= 0.3 is 0 Å². The lowest BCUT2D eigenvalue weighted by molar-refractivity contribution is -0.140. The monoisotopic (exact) mass is 623 g/mol. The van der Waals surface area contributed by atoms with Crippen molar-refractivity contribution in [3.8, 4) is 0 Å². The van der Waals surface area contributed by atoms with Gasteiger partial charge in [0.1, 0.15) is 12.6 Å². The molecule has 40 heavy (non-hydrogen) atoms. The molecule has 1 atom stereocenters. The molecule has 0 aromatic heterocycles. The van der Waals surface area contributed by atoms with E-state index >= 15 is 0 Å². The fourth-order valence-electron chi connectivity index (χ4n) is 4.27. The molecule has 3 aromatic rings. The molecule has 3 aromatic carbocycles. The minimum atomic E-state index is -4.18. The first-order chi connectivity index (χ1) is 18.8. The van der Waals surface area contributed by atoms with Crippen molar-refractivity contribution in [3.05, 3.63) is 92.9 Å². The van der Waals surface area contributed by atoms with Crippen LogP contribution in [0.3, 0.4) is 0 Å². The molecule has 0 bridgehead atoms. The number of carbonyl (C=O) groups is 2. The molecule has 1 unspecified atom stereocenters. The number of halogens is 3. The fourth-order valence-corrected chi connectivity index (χ4v) is 6.46. The van der Waals surface area contributed by atoms with Crippen molar-refractivity contribution >= 4 is 62.3 Å². The highest BCUT2D eigenvalue weighted by Crippen LogP contribution is 2.30. The Labute approximate surface area is 251 Å². The van der Waals surface area contributed by atoms with Crippen LogP contribution in [0.15, 0.2) is 71.6 Å². The van der Waals surface area contributed by atoms with Gasteiger partial charge in [-0.05, 0) is 80.8 Å². The highest BCUT2D eigenvalue weighted by Gasteiger charge is 2.34. The molecular weight excluding hydrogens is 593 g/mol. The van der Waals surface area contributed by atoms with Gasteiger partial charge in [0, 0.05) is 27.7 Å². The molecule has 1 N–H and O–H groups in total. The van der Waals surface area contributed by atoms with Crippen molar-refractivity contribution in [1.82, 2.24) is 10.2 Å². The Morgan fingerprint density at radius 2 is 1.55 bits per heavy atom. The minimum Gasteiger partial charge on any atom is -0.352 e. The van der Waals surface area contributed by atoms with Crippen molar-refractivity contribution in [2.45, 2.75) is 57.6 Å². The molecule has 214 valence electrons. The molecular formula is C29H32Cl3N3O4S. The third-order valence-electron chi connectivity index (χ3n) is 6.21. The summed E-state index contributed by atoms with van der Waals surface area (Å²) in [4.78, 5) is 28.7. The number of sulfonamides is 1. The Hall–Kier alpha value is -2.78. The summed E-state index contributed by atoms with van der Waals surface area (Å²) >= 11 is 18.7. The van der Waals surface area contributed by atoms with Crippen LogP contribution < -0.4 is 9.62 Å². The molecule has 0 saturated carbocycles. The summed E-state index contributed by atoms with van der Waals surface area (Å²) in [6.07, 6.45) is 0.293. The van der Waals surface area contributed by atoms with Gasteiger partial charge in [-0.3, -0.25) is 13.9 Å². The van der Waals surface area contributed by atoms with Crippen molar-refractivity contribution < 1.29 is 18.0 Å². The van der Waals surface area contributed by atoms with Gasteiger partial charge in [0.2, 0.25) is 11.8 Å². The molecule has 0 spiro atoms. The summed E-state index contributed by atoms with van der Waals surface area (Å²) in [5, 5.41) is 4.04. The zero-order valence-electron chi connectivity index (χ0n) is 22.7. The second-order valence-electron chi connectivity index (χ2n) is 9.60. The van der Waals surface area contributed by atoms with Gasteiger partial charge in [-0.25, -0.2) is 8.42 Å². The van der Waals surface area contributed by atoms with Crippen molar-refractivity contribution in [3.63, 3.8) is 0 Å². The number of hydrogen-bond donors (Lipinski definition) is 1. The van der Waals surface area contributed by atoms with Crippen LogP contribution in [-0.4, -0.2) is 43.8 Å². The average Bonchev–Trinajstić information content (AvgIpc) is 2.88. The van der Waals surface area contributed by atoms with Crippen molar-refractivity contribution in [1.29, 1.82) is 0 Å². The maximum Gasteiger partial charge on any atom is 0.264 e. The third kappa shape index (κ3) is 7.69. The van der Waals surface area contributed by atoms with E-state index in [9.17, 15) is 18.0 Å². The average molecular weight is 625 g/mol. The number of nitrogens with zero attached hydrogens (tertiary/aromatic N) is 2. The summed E-state index contributed by atoms with van der Waals surface area (Å²) in [7, 11) is -4.18. The van der Waals surface area contributed by atoms with E-state index in [0.29, 0.717) is 38.3 Å². The molecule has 0 saturated heterocycles. The van der Waals surface area contributed by atoms with E-state index in [0.717, 1.165) is 4.31 Å². The van der Waals surface area contributed by atoms with Gasteiger partial charge in [-0.1, -0.05) is 66.0 Å². The van der Waals surface area contributed by atoms with Gasteiger partial charge in [0.15, 0.2) is 0 Å². The topological polar surface area (TPSA) is 86.8 Å². The van der Waals surface area contributed by atoms with E-state index in [2.05, 4.69) is 5.32 Å². The molecule has 3 rings (SSSR count). The summed E-state index contributed by atoms with van der Waals surface area (Å²) < 4.78 is 28.9. The lowest BCUT2D eigenvalue weighted by atomic mass is 10.1. The quantitative estimate of drug-likeness (QED) is 0.265. The third-order valence-corrected chi connectivity index (χ3v) is 8.81. The predicted octanol–water partition coefficient (Wildman–Crippen LogP) is 6.48. The molecule has 0 fully saturated rings. The van der Waals surface area contributed by atoms with E-state index in [1.165, 1.54) is 17.0 Å². The number of aryl methyl sites for hydroxylation is 1. The number of benzene rings is 3. The summed E-state index contributed by atoms with van der Waals surface area (Å²) in [5.74, 6) is -0.929. The minimum absolute atomic E-state index is 0.0223. The molecule has 0 aliphatic heterocycles. The molecule has 0 aliphatic carbocycles. The van der Waals surface area contributed by atoms with Gasteiger partial charge in [-0.15, -0.1) is 0 Å². The summed E-state index contributed by atoms with van der Waals surface area (Å²) in [6.45, 7) is 6.56. The Morgan fingerprint density at radius 1 is 0.925 bits per heavy atom. The first kappa shape index (κ1) is 31.7. The number of rotatable bonds is 11. The van der Waals surface area contributed by atoms with Crippen LogP contribution in [0.4, 0.5) is 5.69 Å². The lowest BCUT2D eigenvalue weighted by Crippen LogP contribution is -2.53. The van der Waals surface area contributed by atoms with Crippen LogP contribution >= 0.6 is 34.8 Å². The number of anilines is 1. The number of nitrogens with one attached hydrogen (secondary N) is 1. The Bertz CT molecular complexity index is 1470. The van der Waals surface area contributed by atoms with Crippen LogP contribution in [0.1, 0.15) is 38.3 Å². The van der Waals surface area contributed by atoms with E-state index in [-0.39, 0.29) is 23.4 Å². The van der Waals surface area contributed by atoms with Crippen LogP contribution in [0.25, 0.3) is 0 Å². The summed E-state index contributed by atoms with van der Waals surface area (Å²) in [5.41, 5.74) is 1.43. The van der Waals surface area contributed by atoms with Crippen LogP contribution in [0.2, 0.25) is 15.1 Å². The number of amides is 2. The second kappa shape index (κ2) is 13.7. The molecule has 7 nitrogen and oxygen atoms in total. The Balaban J connectivity index is 2.11. The second-order valence-corrected chi connectivity index (χ2v) is 12.7. The SMILES string of the molecule is CCC(C(=O)NC(C)C)N(Cc1ccc(Cl)cc1Cl)C(=O)CN(c1ccc(Cl)cc1C)S(=O)(=O)c1ccccc1. The molecule has 11 heteroatoms. The van der Waals surface area contributed by atoms with Crippen LogP contribution in [-0.2, 0) is 26.2 Å². The molecule has 2 amide bonds. The van der Waals surface area contributed by atoms with E-state index < -0.39 is 28.5 Å². The zero-order chi connectivity index (χ0) is 29.6. The molecule has 0 heterocycles. The van der Waals surface area contributed by atoms with Crippen molar-refractivity contribution in [2.75, 3.05) is 10.8 Å². The molecule has 0 aliphatic rings.